The van der Waals surface area contributed by atoms with Gasteiger partial charge < -0.3 is 28.7 Å². The number of carbonyl (C=O) groups excluding carboxylic acids is 2. The standard InChI is InChI=1S/C28H24Cl2N2O7S/c1-14-23(40(2)37)12-18(39-14)11-21(28(35)36)31-26(33)24-20(29)9-17-13-32(7-5-19(17)25(24)30)27(34)16-4-3-15-6-8-38-22(15)10-16/h3-4,6,8-10,12,21H,5,7,11,13H2,1-2H3,(H,31,33)(H,35,36)/t21-,40?/m0/s1. The molecule has 2 atom stereocenters. The van der Waals surface area contributed by atoms with Gasteiger partial charge in [-0.15, -0.1) is 0 Å². The van der Waals surface area contributed by atoms with Crippen LogP contribution in [0.5, 0.6) is 0 Å². The second-order valence-electron chi connectivity index (χ2n) is 9.49. The number of rotatable bonds is 7. The average molecular weight is 603 g/mol. The highest BCUT2D eigenvalue weighted by Gasteiger charge is 2.30. The zero-order valence-electron chi connectivity index (χ0n) is 21.5. The number of furan rings is 2. The van der Waals surface area contributed by atoms with Gasteiger partial charge in [0.15, 0.2) is 10.7 Å². The summed E-state index contributed by atoms with van der Waals surface area (Å²) in [5.41, 5.74) is 2.44. The van der Waals surface area contributed by atoms with Crippen LogP contribution < -0.4 is 5.32 Å². The van der Waals surface area contributed by atoms with Crippen LogP contribution in [0.4, 0.5) is 0 Å². The van der Waals surface area contributed by atoms with Gasteiger partial charge in [0.1, 0.15) is 23.6 Å². The Morgan fingerprint density at radius 1 is 1.20 bits per heavy atom. The summed E-state index contributed by atoms with van der Waals surface area (Å²) in [4.78, 5) is 40.5. The van der Waals surface area contributed by atoms with E-state index >= 15 is 0 Å². The number of halogens is 2. The van der Waals surface area contributed by atoms with Gasteiger partial charge in [0.2, 0.25) is 0 Å². The maximum absolute atomic E-state index is 13.2. The molecule has 0 spiro atoms. The van der Waals surface area contributed by atoms with Gasteiger partial charge in [0.25, 0.3) is 11.8 Å². The lowest BCUT2D eigenvalue weighted by Crippen LogP contribution is -2.42. The van der Waals surface area contributed by atoms with Gasteiger partial charge in [0, 0.05) is 36.5 Å². The first-order valence-corrected chi connectivity index (χ1v) is 14.6. The highest BCUT2D eigenvalue weighted by atomic mass is 35.5. The minimum Gasteiger partial charge on any atom is -0.612 e. The zero-order valence-corrected chi connectivity index (χ0v) is 23.8. The molecule has 0 fully saturated rings. The fourth-order valence-corrected chi connectivity index (χ4v) is 6.35. The van der Waals surface area contributed by atoms with Crippen LogP contribution in [0, 0.1) is 6.92 Å². The fraction of sp³-hybridized carbons (Fsp3) is 0.250. The summed E-state index contributed by atoms with van der Waals surface area (Å²) in [7, 11) is 0. The molecule has 0 radical (unpaired) electrons. The van der Waals surface area contributed by atoms with Gasteiger partial charge in [-0.1, -0.05) is 29.3 Å². The van der Waals surface area contributed by atoms with E-state index in [4.69, 9.17) is 32.0 Å². The van der Waals surface area contributed by atoms with Crippen molar-refractivity contribution in [3.8, 4) is 0 Å². The Bertz CT molecular complexity index is 1650. The molecule has 1 unspecified atom stereocenters. The molecule has 40 heavy (non-hydrogen) atoms. The Labute approximate surface area is 242 Å². The Kier molecular flexibility index (Phi) is 7.87. The van der Waals surface area contributed by atoms with Crippen molar-refractivity contribution in [3.63, 3.8) is 0 Å². The normalized spacial score (nSPS) is 14.6. The highest BCUT2D eigenvalue weighted by Crippen LogP contribution is 2.35. The van der Waals surface area contributed by atoms with E-state index in [1.165, 1.54) is 12.3 Å². The third-order valence-electron chi connectivity index (χ3n) is 6.86. The molecule has 2 aromatic carbocycles. The number of hydrogen-bond donors (Lipinski definition) is 2. The van der Waals surface area contributed by atoms with E-state index in [0.717, 1.165) is 5.39 Å². The topological polar surface area (TPSA) is 136 Å². The summed E-state index contributed by atoms with van der Waals surface area (Å²) in [5.74, 6) is -1.52. The van der Waals surface area contributed by atoms with Crippen LogP contribution in [-0.4, -0.2) is 51.2 Å². The number of aliphatic carboxylic acids is 1. The number of amides is 2. The molecule has 12 heteroatoms. The lowest BCUT2D eigenvalue weighted by atomic mass is 9.95. The zero-order chi connectivity index (χ0) is 28.7. The number of carboxylic acid groups (broad SMARTS) is 1. The van der Waals surface area contributed by atoms with Crippen LogP contribution in [0.25, 0.3) is 11.0 Å². The van der Waals surface area contributed by atoms with Crippen molar-refractivity contribution in [2.45, 2.75) is 37.2 Å². The predicted octanol–water partition coefficient (Wildman–Crippen LogP) is 5.00. The van der Waals surface area contributed by atoms with Gasteiger partial charge in [0.05, 0.1) is 21.9 Å². The molecule has 2 N–H and O–H groups in total. The Balaban J connectivity index is 1.34. The first kappa shape index (κ1) is 28.1. The first-order valence-electron chi connectivity index (χ1n) is 12.3. The molecule has 1 aliphatic heterocycles. The van der Waals surface area contributed by atoms with E-state index in [-0.39, 0.29) is 40.2 Å². The summed E-state index contributed by atoms with van der Waals surface area (Å²) < 4.78 is 22.8. The van der Waals surface area contributed by atoms with Gasteiger partial charge in [-0.25, -0.2) is 4.79 Å². The van der Waals surface area contributed by atoms with Gasteiger partial charge in [-0.2, -0.15) is 0 Å². The number of aryl methyl sites for hydroxylation is 1. The average Bonchev–Trinajstić information content (AvgIpc) is 3.53. The summed E-state index contributed by atoms with van der Waals surface area (Å²) in [5, 5.41) is 13.3. The number of fused-ring (bicyclic) bond motifs is 2. The fourth-order valence-electron chi connectivity index (χ4n) is 4.85. The van der Waals surface area contributed by atoms with Crippen molar-refractivity contribution in [1.82, 2.24) is 10.2 Å². The number of carbonyl (C=O) groups is 3. The van der Waals surface area contributed by atoms with E-state index in [1.807, 2.05) is 12.1 Å². The minimum atomic E-state index is -1.35. The van der Waals surface area contributed by atoms with E-state index in [1.54, 1.807) is 36.3 Å². The van der Waals surface area contributed by atoms with Crippen LogP contribution >= 0.6 is 23.2 Å². The third kappa shape index (κ3) is 5.44. The SMILES string of the molecule is Cc1oc(C[C@H](NC(=O)c2c(Cl)cc3c(c2Cl)CCN(C(=O)c2ccc4ccoc4c2)C3)C(=O)O)cc1[S+](C)[O-]. The first-order chi connectivity index (χ1) is 19.0. The smallest absolute Gasteiger partial charge is 0.326 e. The lowest BCUT2D eigenvalue weighted by Gasteiger charge is -2.30. The second kappa shape index (κ2) is 11.2. The molecule has 2 aromatic heterocycles. The predicted molar refractivity (Wildman–Crippen MR) is 149 cm³/mol. The maximum atomic E-state index is 13.2. The van der Waals surface area contributed by atoms with Gasteiger partial charge in [-0.3, -0.25) is 9.59 Å². The second-order valence-corrected chi connectivity index (χ2v) is 11.6. The van der Waals surface area contributed by atoms with Crippen molar-refractivity contribution in [1.29, 1.82) is 0 Å². The molecule has 5 rings (SSSR count). The molecule has 0 bridgehead atoms. The number of hydrogen-bond acceptors (Lipinski definition) is 6. The molecule has 208 valence electrons. The summed E-state index contributed by atoms with van der Waals surface area (Å²) in [6.45, 7) is 2.23. The number of nitrogens with one attached hydrogen (secondary N) is 1. The molecular weight excluding hydrogens is 579 g/mol. The maximum Gasteiger partial charge on any atom is 0.326 e. The van der Waals surface area contributed by atoms with Crippen LogP contribution in [-0.2, 0) is 35.4 Å². The molecule has 0 saturated heterocycles. The molecule has 9 nitrogen and oxygen atoms in total. The molecular formula is C28H24Cl2N2O7S. The molecule has 1 aliphatic rings. The number of nitrogens with zero attached hydrogens (tertiary/aromatic N) is 1. The largest absolute Gasteiger partial charge is 0.612 e. The summed E-state index contributed by atoms with van der Waals surface area (Å²) >= 11 is 11.8. The molecule has 3 heterocycles. The third-order valence-corrected chi connectivity index (χ3v) is 8.60. The summed E-state index contributed by atoms with van der Waals surface area (Å²) in [6.07, 6.45) is 3.27. The molecule has 0 aliphatic carbocycles. The van der Waals surface area contributed by atoms with Gasteiger partial charge in [-0.05, 0) is 59.9 Å². The van der Waals surface area contributed by atoms with Crippen LogP contribution in [0.15, 0.2) is 56.4 Å². The van der Waals surface area contributed by atoms with Crippen LogP contribution in [0.1, 0.15) is 43.4 Å². The monoisotopic (exact) mass is 602 g/mol. The highest BCUT2D eigenvalue weighted by molar-refractivity contribution is 7.90. The van der Waals surface area contributed by atoms with Crippen molar-refractivity contribution in [3.05, 3.63) is 86.5 Å². The summed E-state index contributed by atoms with van der Waals surface area (Å²) in [6, 6.07) is 8.84. The van der Waals surface area contributed by atoms with Crippen LogP contribution in [0.3, 0.4) is 0 Å². The Morgan fingerprint density at radius 3 is 2.67 bits per heavy atom. The van der Waals surface area contributed by atoms with Crippen LogP contribution in [0.2, 0.25) is 10.0 Å². The van der Waals surface area contributed by atoms with E-state index in [2.05, 4.69) is 5.32 Å². The Morgan fingerprint density at radius 2 is 1.98 bits per heavy atom. The van der Waals surface area contributed by atoms with E-state index in [0.29, 0.717) is 45.9 Å². The lowest BCUT2D eigenvalue weighted by molar-refractivity contribution is -0.139. The molecule has 0 saturated carbocycles. The van der Waals surface area contributed by atoms with Crippen molar-refractivity contribution >= 4 is 63.1 Å². The number of carboxylic acids is 1. The van der Waals surface area contributed by atoms with Crippen molar-refractivity contribution < 1.29 is 32.9 Å². The Hall–Kier alpha value is -3.44. The van der Waals surface area contributed by atoms with Crippen molar-refractivity contribution in [2.24, 2.45) is 0 Å². The van der Waals surface area contributed by atoms with E-state index < -0.39 is 29.1 Å². The number of benzene rings is 2. The minimum absolute atomic E-state index is 0.0363. The van der Waals surface area contributed by atoms with E-state index in [9.17, 15) is 24.0 Å². The van der Waals surface area contributed by atoms with Crippen molar-refractivity contribution in [2.75, 3.05) is 12.8 Å². The quantitative estimate of drug-likeness (QED) is 0.284. The molecule has 2 amide bonds. The molecule has 4 aromatic rings. The van der Waals surface area contributed by atoms with Gasteiger partial charge >= 0.3 is 5.97 Å².